The zero-order chi connectivity index (χ0) is 16.1. The molecular weight excluding hydrogens is 294 g/mol. The van der Waals surface area contributed by atoms with Gasteiger partial charge >= 0.3 is 0 Å². The summed E-state index contributed by atoms with van der Waals surface area (Å²) in [4.78, 5) is 28.3. The van der Waals surface area contributed by atoms with Crippen LogP contribution in [0, 0.1) is 22.0 Å². The maximum atomic E-state index is 12.9. The Hall–Kier alpha value is -2.37. The molecular formula is C17H19N3O3. The van der Waals surface area contributed by atoms with Crippen LogP contribution in [-0.2, 0) is 0 Å². The van der Waals surface area contributed by atoms with E-state index in [0.717, 1.165) is 5.39 Å². The van der Waals surface area contributed by atoms with Crippen molar-refractivity contribution in [2.75, 3.05) is 7.05 Å². The summed E-state index contributed by atoms with van der Waals surface area (Å²) in [6.45, 7) is 0. The lowest BCUT2D eigenvalue weighted by Crippen LogP contribution is -2.40. The van der Waals surface area contributed by atoms with Gasteiger partial charge < -0.3 is 9.88 Å². The average molecular weight is 313 g/mol. The van der Waals surface area contributed by atoms with E-state index in [-0.39, 0.29) is 11.6 Å². The van der Waals surface area contributed by atoms with Crippen molar-refractivity contribution in [3.8, 4) is 0 Å². The predicted octanol–water partition coefficient (Wildman–Crippen LogP) is 3.34. The Labute approximate surface area is 133 Å². The van der Waals surface area contributed by atoms with E-state index in [1.54, 1.807) is 12.3 Å². The quantitative estimate of drug-likeness (QED) is 0.679. The number of fused-ring (bicyclic) bond motifs is 1. The number of nitrogens with one attached hydrogen (secondary N) is 1. The molecule has 0 unspecified atom stereocenters. The molecule has 1 amide bonds. The number of aromatic amines is 1. The number of H-pyrrole nitrogens is 1. The van der Waals surface area contributed by atoms with Crippen molar-refractivity contribution in [2.24, 2.45) is 11.8 Å². The van der Waals surface area contributed by atoms with Gasteiger partial charge in [-0.15, -0.1) is 0 Å². The molecule has 2 saturated carbocycles. The molecule has 1 aromatic heterocycles. The van der Waals surface area contributed by atoms with Crippen LogP contribution in [0.3, 0.4) is 0 Å². The van der Waals surface area contributed by atoms with E-state index in [2.05, 4.69) is 4.98 Å². The van der Waals surface area contributed by atoms with Gasteiger partial charge in [0.05, 0.1) is 16.0 Å². The number of non-ortho nitro benzene ring substituents is 1. The summed E-state index contributed by atoms with van der Waals surface area (Å²) in [6.07, 6.45) is 6.56. The lowest BCUT2D eigenvalue weighted by Gasteiger charge is -2.28. The number of amides is 1. The van der Waals surface area contributed by atoms with Crippen LogP contribution in [0.25, 0.3) is 10.9 Å². The fourth-order valence-electron chi connectivity index (χ4n) is 3.62. The highest BCUT2D eigenvalue weighted by atomic mass is 16.6. The van der Waals surface area contributed by atoms with E-state index in [1.165, 1.54) is 37.8 Å². The first kappa shape index (κ1) is 14.2. The number of nitro groups is 1. The Morgan fingerprint density at radius 2 is 1.96 bits per heavy atom. The molecule has 2 aliphatic rings. The van der Waals surface area contributed by atoms with Crippen LogP contribution < -0.4 is 0 Å². The molecule has 120 valence electrons. The number of nitrogens with zero attached hydrogens (tertiary/aromatic N) is 2. The zero-order valence-electron chi connectivity index (χ0n) is 13.0. The lowest BCUT2D eigenvalue weighted by molar-refractivity contribution is -0.384. The summed E-state index contributed by atoms with van der Waals surface area (Å²) >= 11 is 0. The SMILES string of the molecule is CN(C(=O)c1c[nH]c2cc([N+](=O)[O-])ccc12)C(C1CC1)C1CC1. The van der Waals surface area contributed by atoms with Crippen molar-refractivity contribution in [3.05, 3.63) is 40.1 Å². The van der Waals surface area contributed by atoms with Gasteiger partial charge in [-0.05, 0) is 43.6 Å². The Kier molecular flexibility index (Phi) is 3.14. The highest BCUT2D eigenvalue weighted by Crippen LogP contribution is 2.47. The Morgan fingerprint density at radius 3 is 2.52 bits per heavy atom. The molecule has 1 aromatic carbocycles. The highest BCUT2D eigenvalue weighted by molar-refractivity contribution is 6.07. The molecule has 0 radical (unpaired) electrons. The third-order valence-electron chi connectivity index (χ3n) is 5.08. The summed E-state index contributed by atoms with van der Waals surface area (Å²) in [6, 6.07) is 4.94. The zero-order valence-corrected chi connectivity index (χ0v) is 13.0. The molecule has 4 rings (SSSR count). The largest absolute Gasteiger partial charge is 0.360 e. The second kappa shape index (κ2) is 5.08. The number of hydrogen-bond acceptors (Lipinski definition) is 3. The number of carbonyl (C=O) groups excluding carboxylic acids is 1. The van der Waals surface area contributed by atoms with Crippen molar-refractivity contribution in [1.29, 1.82) is 0 Å². The van der Waals surface area contributed by atoms with Crippen molar-refractivity contribution >= 4 is 22.5 Å². The third kappa shape index (κ3) is 2.48. The van der Waals surface area contributed by atoms with Gasteiger partial charge in [0.1, 0.15) is 0 Å². The maximum absolute atomic E-state index is 12.9. The van der Waals surface area contributed by atoms with Crippen LogP contribution in [-0.4, -0.2) is 33.8 Å². The molecule has 6 heteroatoms. The van der Waals surface area contributed by atoms with Gasteiger partial charge in [-0.3, -0.25) is 14.9 Å². The van der Waals surface area contributed by atoms with Gasteiger partial charge in [0, 0.05) is 36.8 Å². The van der Waals surface area contributed by atoms with Crippen molar-refractivity contribution in [3.63, 3.8) is 0 Å². The van der Waals surface area contributed by atoms with Gasteiger partial charge in [-0.1, -0.05) is 0 Å². The van der Waals surface area contributed by atoms with Crippen LogP contribution in [0.2, 0.25) is 0 Å². The number of carbonyl (C=O) groups is 1. The Bertz CT molecular complexity index is 777. The highest BCUT2D eigenvalue weighted by Gasteiger charge is 2.45. The molecule has 2 aliphatic carbocycles. The van der Waals surface area contributed by atoms with E-state index in [9.17, 15) is 14.9 Å². The first-order chi connectivity index (χ1) is 11.1. The van der Waals surface area contributed by atoms with Crippen LogP contribution in [0.1, 0.15) is 36.0 Å². The van der Waals surface area contributed by atoms with Gasteiger partial charge in [-0.25, -0.2) is 0 Å². The number of benzene rings is 1. The third-order valence-corrected chi connectivity index (χ3v) is 5.08. The van der Waals surface area contributed by atoms with Crippen molar-refractivity contribution in [1.82, 2.24) is 9.88 Å². The lowest BCUT2D eigenvalue weighted by atomic mass is 10.0. The van der Waals surface area contributed by atoms with Gasteiger partial charge in [0.2, 0.25) is 0 Å². The Balaban J connectivity index is 1.65. The smallest absolute Gasteiger partial charge is 0.271 e. The number of nitro benzene ring substituents is 1. The van der Waals surface area contributed by atoms with E-state index in [4.69, 9.17) is 0 Å². The molecule has 0 bridgehead atoms. The van der Waals surface area contributed by atoms with Crippen molar-refractivity contribution in [2.45, 2.75) is 31.7 Å². The number of hydrogen-bond donors (Lipinski definition) is 1. The normalized spacial score (nSPS) is 17.7. The van der Waals surface area contributed by atoms with Crippen molar-refractivity contribution < 1.29 is 9.72 Å². The standard InChI is InChI=1S/C17H19N3O3/c1-19(16(10-2-3-10)11-4-5-11)17(21)14-9-18-15-8-12(20(22)23)6-7-13(14)15/h6-11,16,18H,2-5H2,1H3. The number of aromatic nitrogens is 1. The van der Waals surface area contributed by atoms with E-state index in [0.29, 0.717) is 29.0 Å². The molecule has 6 nitrogen and oxygen atoms in total. The van der Waals surface area contributed by atoms with E-state index < -0.39 is 4.92 Å². The van der Waals surface area contributed by atoms with Crippen LogP contribution in [0.15, 0.2) is 24.4 Å². The molecule has 2 fully saturated rings. The maximum Gasteiger partial charge on any atom is 0.271 e. The fourth-order valence-corrected chi connectivity index (χ4v) is 3.62. The van der Waals surface area contributed by atoms with Gasteiger partial charge in [-0.2, -0.15) is 0 Å². The molecule has 2 aromatic rings. The minimum absolute atomic E-state index is 0.00824. The summed E-state index contributed by atoms with van der Waals surface area (Å²) in [5.74, 6) is 1.32. The minimum Gasteiger partial charge on any atom is -0.360 e. The van der Waals surface area contributed by atoms with Crippen LogP contribution in [0.5, 0.6) is 0 Å². The van der Waals surface area contributed by atoms with Crippen LogP contribution in [0.4, 0.5) is 5.69 Å². The molecule has 23 heavy (non-hydrogen) atoms. The summed E-state index contributed by atoms with van der Waals surface area (Å²) in [5, 5.41) is 11.6. The second-order valence-electron chi connectivity index (χ2n) is 6.77. The average Bonchev–Trinajstić information content (AvgIpc) is 3.46. The first-order valence-electron chi connectivity index (χ1n) is 8.09. The first-order valence-corrected chi connectivity index (χ1v) is 8.09. The van der Waals surface area contributed by atoms with Gasteiger partial charge in [0.25, 0.3) is 11.6 Å². The molecule has 0 atom stereocenters. The fraction of sp³-hybridized carbons (Fsp3) is 0.471. The molecule has 0 saturated heterocycles. The molecule has 1 heterocycles. The summed E-state index contributed by atoms with van der Waals surface area (Å²) in [7, 11) is 1.90. The minimum atomic E-state index is -0.426. The Morgan fingerprint density at radius 1 is 1.30 bits per heavy atom. The predicted molar refractivity (Wildman–Crippen MR) is 86.3 cm³/mol. The monoisotopic (exact) mass is 313 g/mol. The molecule has 0 aliphatic heterocycles. The molecule has 1 N–H and O–H groups in total. The van der Waals surface area contributed by atoms with E-state index >= 15 is 0 Å². The van der Waals surface area contributed by atoms with Crippen LogP contribution >= 0.6 is 0 Å². The van der Waals surface area contributed by atoms with Gasteiger partial charge in [0.15, 0.2) is 0 Å². The topological polar surface area (TPSA) is 79.2 Å². The van der Waals surface area contributed by atoms with E-state index in [1.807, 2.05) is 11.9 Å². The summed E-state index contributed by atoms with van der Waals surface area (Å²) < 4.78 is 0. The summed E-state index contributed by atoms with van der Waals surface area (Å²) in [5.41, 5.74) is 1.26. The molecule has 0 spiro atoms. The second-order valence-corrected chi connectivity index (χ2v) is 6.77. The number of rotatable bonds is 5.